The lowest BCUT2D eigenvalue weighted by atomic mass is 10.1. The normalized spacial score (nSPS) is 15.2. The van der Waals surface area contributed by atoms with Crippen LogP contribution < -0.4 is 13.9 Å². The molecule has 0 bridgehead atoms. The van der Waals surface area contributed by atoms with E-state index in [0.717, 1.165) is 22.0 Å². The summed E-state index contributed by atoms with van der Waals surface area (Å²) in [6.07, 6.45) is 0.731. The van der Waals surface area contributed by atoms with Crippen molar-refractivity contribution >= 4 is 38.9 Å². The summed E-state index contributed by atoms with van der Waals surface area (Å²) < 4.78 is 33.8. The van der Waals surface area contributed by atoms with Crippen LogP contribution in [0.4, 0.5) is 11.4 Å². The highest BCUT2D eigenvalue weighted by Crippen LogP contribution is 2.33. The van der Waals surface area contributed by atoms with Crippen LogP contribution in [0.25, 0.3) is 0 Å². The minimum absolute atomic E-state index is 0.0588. The zero-order valence-corrected chi connectivity index (χ0v) is 20.0. The number of halogens is 1. The van der Waals surface area contributed by atoms with Crippen LogP contribution in [0.3, 0.4) is 0 Å². The lowest BCUT2D eigenvalue weighted by Crippen LogP contribution is -2.45. The maximum atomic E-state index is 13.6. The number of rotatable bonds is 7. The monoisotopic (exact) mass is 484 g/mol. The van der Waals surface area contributed by atoms with Crippen LogP contribution >= 0.6 is 11.6 Å². The molecule has 0 N–H and O–H groups in total. The Morgan fingerprint density at radius 3 is 2.39 bits per heavy atom. The van der Waals surface area contributed by atoms with E-state index in [4.69, 9.17) is 16.3 Å². The quantitative estimate of drug-likeness (QED) is 0.477. The van der Waals surface area contributed by atoms with Gasteiger partial charge in [-0.2, -0.15) is 0 Å². The van der Waals surface area contributed by atoms with Crippen LogP contribution in [0.5, 0.6) is 5.75 Å². The molecule has 1 aliphatic heterocycles. The van der Waals surface area contributed by atoms with Gasteiger partial charge in [-0.1, -0.05) is 29.8 Å². The van der Waals surface area contributed by atoms with E-state index < -0.39 is 10.0 Å². The lowest BCUT2D eigenvalue weighted by molar-refractivity contribution is -0.117. The third kappa shape index (κ3) is 4.70. The smallest absolute Gasteiger partial charge is 0.264 e. The topological polar surface area (TPSA) is 66.9 Å². The molecule has 4 rings (SSSR count). The van der Waals surface area contributed by atoms with Gasteiger partial charge in [0.05, 0.1) is 17.2 Å². The van der Waals surface area contributed by atoms with Crippen molar-refractivity contribution in [2.75, 3.05) is 22.4 Å². The molecule has 0 spiro atoms. The van der Waals surface area contributed by atoms with Gasteiger partial charge in [-0.05, 0) is 80.4 Å². The SMILES string of the molecule is CCOc1ccc(N(CC(=O)N2c3ccccc3C[C@H]2C)S(=O)(=O)c2ccc(Cl)cc2)cc1. The van der Waals surface area contributed by atoms with Gasteiger partial charge in [0, 0.05) is 16.8 Å². The molecule has 0 radical (unpaired) electrons. The van der Waals surface area contributed by atoms with Crippen LogP contribution in [0.1, 0.15) is 19.4 Å². The van der Waals surface area contributed by atoms with Crippen molar-refractivity contribution in [3.8, 4) is 5.75 Å². The zero-order chi connectivity index (χ0) is 23.6. The first-order valence-corrected chi connectivity index (χ1v) is 12.5. The van der Waals surface area contributed by atoms with Gasteiger partial charge in [-0.15, -0.1) is 0 Å². The number of ether oxygens (including phenoxy) is 1. The number of benzene rings is 3. The molecule has 1 atom stereocenters. The van der Waals surface area contributed by atoms with Crippen molar-refractivity contribution in [3.63, 3.8) is 0 Å². The van der Waals surface area contributed by atoms with Crippen molar-refractivity contribution in [3.05, 3.63) is 83.4 Å². The number of para-hydroxylation sites is 1. The van der Waals surface area contributed by atoms with E-state index in [1.54, 1.807) is 29.2 Å². The highest BCUT2D eigenvalue weighted by atomic mass is 35.5. The first-order valence-electron chi connectivity index (χ1n) is 10.7. The molecule has 0 fully saturated rings. The number of carbonyl (C=O) groups excluding carboxylic acids is 1. The molecule has 0 aromatic heterocycles. The molecule has 0 saturated carbocycles. The first kappa shape index (κ1) is 23.1. The first-order chi connectivity index (χ1) is 15.8. The molecule has 0 aliphatic carbocycles. The summed E-state index contributed by atoms with van der Waals surface area (Å²) in [5.74, 6) is 0.331. The summed E-state index contributed by atoms with van der Waals surface area (Å²) in [7, 11) is -4.03. The van der Waals surface area contributed by atoms with Crippen LogP contribution in [-0.4, -0.2) is 33.5 Å². The Morgan fingerprint density at radius 2 is 1.73 bits per heavy atom. The fraction of sp³-hybridized carbons (Fsp3) is 0.240. The average molecular weight is 485 g/mol. The largest absolute Gasteiger partial charge is 0.494 e. The third-order valence-corrected chi connectivity index (χ3v) is 7.63. The molecule has 0 unspecified atom stereocenters. The zero-order valence-electron chi connectivity index (χ0n) is 18.4. The van der Waals surface area contributed by atoms with Crippen molar-refractivity contribution in [1.29, 1.82) is 0 Å². The van der Waals surface area contributed by atoms with Gasteiger partial charge in [-0.3, -0.25) is 9.10 Å². The van der Waals surface area contributed by atoms with Gasteiger partial charge >= 0.3 is 0 Å². The van der Waals surface area contributed by atoms with Crippen LogP contribution in [-0.2, 0) is 21.2 Å². The summed E-state index contributed by atoms with van der Waals surface area (Å²) in [5, 5.41) is 0.431. The second-order valence-electron chi connectivity index (χ2n) is 7.84. The highest BCUT2D eigenvalue weighted by molar-refractivity contribution is 7.92. The summed E-state index contributed by atoms with van der Waals surface area (Å²) in [5.41, 5.74) is 2.28. The number of hydrogen-bond acceptors (Lipinski definition) is 4. The fourth-order valence-electron chi connectivity index (χ4n) is 4.07. The van der Waals surface area contributed by atoms with E-state index in [-0.39, 0.29) is 23.4 Å². The molecule has 6 nitrogen and oxygen atoms in total. The molecular weight excluding hydrogens is 460 g/mol. The van der Waals surface area contributed by atoms with Crippen LogP contribution in [0.15, 0.2) is 77.7 Å². The molecule has 3 aromatic rings. The Bertz CT molecular complexity index is 1240. The summed E-state index contributed by atoms with van der Waals surface area (Å²) in [6.45, 7) is 4.00. The van der Waals surface area contributed by atoms with Gasteiger partial charge in [0.1, 0.15) is 12.3 Å². The summed E-state index contributed by atoms with van der Waals surface area (Å²) in [4.78, 5) is 15.2. The van der Waals surface area contributed by atoms with E-state index >= 15 is 0 Å². The van der Waals surface area contributed by atoms with Crippen LogP contribution in [0.2, 0.25) is 5.02 Å². The van der Waals surface area contributed by atoms with Gasteiger partial charge in [0.15, 0.2) is 0 Å². The predicted molar refractivity (Wildman–Crippen MR) is 131 cm³/mol. The van der Waals surface area contributed by atoms with E-state index in [9.17, 15) is 13.2 Å². The molecule has 1 heterocycles. The second-order valence-corrected chi connectivity index (χ2v) is 10.1. The van der Waals surface area contributed by atoms with E-state index in [1.807, 2.05) is 38.1 Å². The molecule has 1 aliphatic rings. The second kappa shape index (κ2) is 9.45. The molecule has 0 saturated heterocycles. The van der Waals surface area contributed by atoms with Crippen molar-refractivity contribution in [2.45, 2.75) is 31.2 Å². The summed E-state index contributed by atoms with van der Waals surface area (Å²) >= 11 is 5.96. The Morgan fingerprint density at radius 1 is 1.06 bits per heavy atom. The van der Waals surface area contributed by atoms with E-state index in [2.05, 4.69) is 0 Å². The van der Waals surface area contributed by atoms with Crippen molar-refractivity contribution in [1.82, 2.24) is 0 Å². The molecule has 8 heteroatoms. The van der Waals surface area contributed by atoms with Gasteiger partial charge in [0.2, 0.25) is 5.91 Å². The number of sulfonamides is 1. The third-order valence-electron chi connectivity index (χ3n) is 5.59. The molecule has 3 aromatic carbocycles. The Balaban J connectivity index is 1.71. The lowest BCUT2D eigenvalue weighted by Gasteiger charge is -2.29. The minimum atomic E-state index is -4.03. The average Bonchev–Trinajstić information content (AvgIpc) is 3.14. The minimum Gasteiger partial charge on any atom is -0.494 e. The van der Waals surface area contributed by atoms with E-state index in [0.29, 0.717) is 23.1 Å². The van der Waals surface area contributed by atoms with E-state index in [1.165, 1.54) is 24.3 Å². The van der Waals surface area contributed by atoms with Crippen molar-refractivity contribution < 1.29 is 17.9 Å². The number of hydrogen-bond donors (Lipinski definition) is 0. The number of amides is 1. The van der Waals surface area contributed by atoms with Crippen molar-refractivity contribution in [2.24, 2.45) is 0 Å². The summed E-state index contributed by atoms with van der Waals surface area (Å²) in [6, 6.07) is 20.3. The number of fused-ring (bicyclic) bond motifs is 1. The maximum Gasteiger partial charge on any atom is 0.264 e. The standard InChI is InChI=1S/C25H25ClN2O4S/c1-3-32-22-12-10-21(11-13-22)27(33(30,31)23-14-8-20(26)9-15-23)17-25(29)28-18(2)16-19-6-4-5-7-24(19)28/h4-15,18H,3,16-17H2,1-2H3/t18-/m1/s1. The Kier molecular flexibility index (Phi) is 6.63. The number of anilines is 2. The molecular formula is C25H25ClN2O4S. The molecule has 1 amide bonds. The Labute approximate surface area is 199 Å². The van der Waals surface area contributed by atoms with Gasteiger partial charge in [-0.25, -0.2) is 8.42 Å². The highest BCUT2D eigenvalue weighted by Gasteiger charge is 2.34. The van der Waals surface area contributed by atoms with Gasteiger partial charge in [0.25, 0.3) is 10.0 Å². The van der Waals surface area contributed by atoms with Gasteiger partial charge < -0.3 is 9.64 Å². The Hall–Kier alpha value is -3.03. The number of nitrogens with zero attached hydrogens (tertiary/aromatic N) is 2. The number of carbonyl (C=O) groups is 1. The maximum absolute atomic E-state index is 13.6. The molecule has 172 valence electrons. The fourth-order valence-corrected chi connectivity index (χ4v) is 5.61. The predicted octanol–water partition coefficient (Wildman–Crippen LogP) is 4.91. The van der Waals surface area contributed by atoms with Crippen LogP contribution in [0, 0.1) is 0 Å². The molecule has 33 heavy (non-hydrogen) atoms.